The molecule has 2 atom stereocenters. The van der Waals surface area contributed by atoms with E-state index in [1.165, 1.54) is 5.56 Å². The molecule has 26 heavy (non-hydrogen) atoms. The summed E-state index contributed by atoms with van der Waals surface area (Å²) in [6, 6.07) is 16.7. The molecule has 0 aliphatic carbocycles. The largest absolute Gasteiger partial charge is 0.479 e. The first-order valence-corrected chi connectivity index (χ1v) is 8.86. The van der Waals surface area contributed by atoms with Crippen LogP contribution in [0.25, 0.3) is 0 Å². The number of hydrogen-bond donors (Lipinski definition) is 2. The summed E-state index contributed by atoms with van der Waals surface area (Å²) in [5, 5.41) is 12.6. The number of ether oxygens (including phenoxy) is 1. The molecule has 1 amide bonds. The number of carboxylic acids is 1. The summed E-state index contributed by atoms with van der Waals surface area (Å²) in [6.07, 6.45) is 0.824. The quantitative estimate of drug-likeness (QED) is 0.836. The topological polar surface area (TPSA) is 75.6 Å². The molecule has 0 bridgehead atoms. The van der Waals surface area contributed by atoms with Gasteiger partial charge in [-0.05, 0) is 29.5 Å². The number of benzene rings is 2. The first-order valence-electron chi connectivity index (χ1n) is 8.86. The fourth-order valence-corrected chi connectivity index (χ4v) is 3.52. The van der Waals surface area contributed by atoms with Gasteiger partial charge in [0, 0.05) is 0 Å². The first kappa shape index (κ1) is 18.1. The molecule has 2 unspecified atom stereocenters. The van der Waals surface area contributed by atoms with Crippen LogP contribution in [0.3, 0.4) is 0 Å². The maximum absolute atomic E-state index is 12.7. The summed E-state index contributed by atoms with van der Waals surface area (Å²) in [5.41, 5.74) is 1.31. The number of carbonyl (C=O) groups is 2. The second kappa shape index (κ2) is 7.70. The Bertz CT molecular complexity index is 790. The number of rotatable bonds is 6. The van der Waals surface area contributed by atoms with Crippen molar-refractivity contribution in [2.75, 3.05) is 6.61 Å². The fraction of sp³-hybridized carbons (Fsp3) is 0.333. The highest BCUT2D eigenvalue weighted by Crippen LogP contribution is 2.31. The van der Waals surface area contributed by atoms with Gasteiger partial charge >= 0.3 is 5.97 Å². The Balaban J connectivity index is 1.81. The summed E-state index contributed by atoms with van der Waals surface area (Å²) in [6.45, 7) is 2.32. The molecule has 0 saturated heterocycles. The minimum atomic E-state index is -1.44. The summed E-state index contributed by atoms with van der Waals surface area (Å²) >= 11 is 0. The van der Waals surface area contributed by atoms with Crippen LogP contribution in [-0.4, -0.2) is 23.6 Å². The van der Waals surface area contributed by atoms with E-state index in [0.717, 1.165) is 12.0 Å². The third kappa shape index (κ3) is 3.48. The van der Waals surface area contributed by atoms with Crippen molar-refractivity contribution in [1.29, 1.82) is 0 Å². The van der Waals surface area contributed by atoms with Crippen LogP contribution in [0.4, 0.5) is 0 Å². The normalized spacial score (nSPS) is 18.4. The highest BCUT2D eigenvalue weighted by atomic mass is 16.5. The van der Waals surface area contributed by atoms with E-state index >= 15 is 0 Å². The van der Waals surface area contributed by atoms with E-state index in [-0.39, 0.29) is 24.9 Å². The molecule has 2 aromatic rings. The highest BCUT2D eigenvalue weighted by Gasteiger charge is 2.40. The van der Waals surface area contributed by atoms with Crippen LogP contribution in [0.15, 0.2) is 54.6 Å². The van der Waals surface area contributed by atoms with Gasteiger partial charge in [-0.2, -0.15) is 0 Å². The van der Waals surface area contributed by atoms with Crippen LogP contribution in [0, 0.1) is 0 Å². The van der Waals surface area contributed by atoms with Crippen LogP contribution in [0.1, 0.15) is 42.6 Å². The number of carbonyl (C=O) groups excluding carboxylic acids is 1. The number of hydrogen-bond acceptors (Lipinski definition) is 3. The lowest BCUT2D eigenvalue weighted by molar-refractivity contribution is -0.149. The Morgan fingerprint density at radius 2 is 1.85 bits per heavy atom. The second-order valence-corrected chi connectivity index (χ2v) is 6.49. The van der Waals surface area contributed by atoms with E-state index < -0.39 is 11.5 Å². The maximum atomic E-state index is 12.7. The predicted molar refractivity (Wildman–Crippen MR) is 97.6 cm³/mol. The average molecular weight is 353 g/mol. The van der Waals surface area contributed by atoms with Gasteiger partial charge in [0.25, 0.3) is 0 Å². The maximum Gasteiger partial charge on any atom is 0.334 e. The fourth-order valence-electron chi connectivity index (χ4n) is 3.52. The minimum absolute atomic E-state index is 0.0961. The van der Waals surface area contributed by atoms with Gasteiger partial charge in [0.15, 0.2) is 5.54 Å². The Morgan fingerprint density at radius 1 is 1.15 bits per heavy atom. The van der Waals surface area contributed by atoms with Gasteiger partial charge in [0.2, 0.25) is 5.91 Å². The van der Waals surface area contributed by atoms with Crippen molar-refractivity contribution in [1.82, 2.24) is 5.32 Å². The van der Waals surface area contributed by atoms with Crippen LogP contribution in [-0.2, 0) is 26.3 Å². The molecule has 1 aliphatic heterocycles. The van der Waals surface area contributed by atoms with Gasteiger partial charge < -0.3 is 15.2 Å². The van der Waals surface area contributed by atoms with Gasteiger partial charge in [-0.3, -0.25) is 4.79 Å². The number of nitrogens with one attached hydrogen (secondary N) is 1. The minimum Gasteiger partial charge on any atom is -0.479 e. The molecule has 0 saturated carbocycles. The van der Waals surface area contributed by atoms with E-state index in [2.05, 4.69) is 5.32 Å². The highest BCUT2D eigenvalue weighted by molar-refractivity contribution is 5.88. The molecular formula is C21H23NO4. The molecule has 1 heterocycles. The third-order valence-electron chi connectivity index (χ3n) is 4.98. The van der Waals surface area contributed by atoms with Crippen LogP contribution in [0.5, 0.6) is 0 Å². The summed E-state index contributed by atoms with van der Waals surface area (Å²) < 4.78 is 5.78. The monoisotopic (exact) mass is 353 g/mol. The van der Waals surface area contributed by atoms with Crippen molar-refractivity contribution >= 4 is 11.9 Å². The Hall–Kier alpha value is -2.66. The lowest BCUT2D eigenvalue weighted by Crippen LogP contribution is -2.51. The Kier molecular flexibility index (Phi) is 5.38. The van der Waals surface area contributed by atoms with Crippen molar-refractivity contribution in [3.05, 3.63) is 71.3 Å². The lowest BCUT2D eigenvalue weighted by Gasteiger charge is -2.31. The van der Waals surface area contributed by atoms with Crippen LogP contribution < -0.4 is 5.32 Å². The number of carboxylic acid groups (broad SMARTS) is 1. The zero-order valence-corrected chi connectivity index (χ0v) is 14.8. The molecule has 2 aromatic carbocycles. The van der Waals surface area contributed by atoms with E-state index in [1.54, 1.807) is 31.2 Å². The molecular weight excluding hydrogens is 330 g/mol. The van der Waals surface area contributed by atoms with Crippen LogP contribution in [0.2, 0.25) is 0 Å². The standard InChI is InChI=1S/C21H23NO4/c1-2-21(20(24)25,16-9-4-3-5-10-16)22-19(23)14-18-17-11-7-6-8-15(17)12-13-26-18/h3-11,18H,2,12-14H2,1H3,(H,22,23)(H,24,25). The van der Waals surface area contributed by atoms with Gasteiger partial charge in [0.05, 0.1) is 19.1 Å². The van der Waals surface area contributed by atoms with Crippen molar-refractivity contribution in [2.24, 2.45) is 0 Å². The van der Waals surface area contributed by atoms with E-state index in [4.69, 9.17) is 4.74 Å². The number of fused-ring (bicyclic) bond motifs is 1. The van der Waals surface area contributed by atoms with Gasteiger partial charge in [0.1, 0.15) is 0 Å². The van der Waals surface area contributed by atoms with E-state index in [9.17, 15) is 14.7 Å². The van der Waals surface area contributed by atoms with E-state index in [0.29, 0.717) is 12.2 Å². The van der Waals surface area contributed by atoms with Gasteiger partial charge in [-0.25, -0.2) is 4.79 Å². The average Bonchev–Trinajstić information content (AvgIpc) is 2.67. The summed E-state index contributed by atoms with van der Waals surface area (Å²) in [4.78, 5) is 24.8. The Morgan fingerprint density at radius 3 is 2.54 bits per heavy atom. The molecule has 0 radical (unpaired) electrons. The van der Waals surface area contributed by atoms with Crippen molar-refractivity contribution < 1.29 is 19.4 Å². The first-order chi connectivity index (χ1) is 12.6. The van der Waals surface area contributed by atoms with Gasteiger partial charge in [-0.1, -0.05) is 61.5 Å². The van der Waals surface area contributed by atoms with Crippen molar-refractivity contribution in [2.45, 2.75) is 37.8 Å². The summed E-state index contributed by atoms with van der Waals surface area (Å²) in [5.74, 6) is -1.40. The predicted octanol–water partition coefficient (Wildman–Crippen LogP) is 3.20. The third-order valence-corrected chi connectivity index (χ3v) is 4.98. The molecule has 0 fully saturated rings. The molecule has 5 nitrogen and oxygen atoms in total. The molecule has 3 rings (SSSR count). The summed E-state index contributed by atoms with van der Waals surface area (Å²) in [7, 11) is 0. The molecule has 5 heteroatoms. The lowest BCUT2D eigenvalue weighted by atomic mass is 9.86. The smallest absolute Gasteiger partial charge is 0.334 e. The number of amides is 1. The zero-order valence-electron chi connectivity index (χ0n) is 14.8. The van der Waals surface area contributed by atoms with E-state index in [1.807, 2.05) is 30.3 Å². The molecule has 0 aromatic heterocycles. The van der Waals surface area contributed by atoms with Gasteiger partial charge in [-0.15, -0.1) is 0 Å². The second-order valence-electron chi connectivity index (χ2n) is 6.49. The van der Waals surface area contributed by atoms with Crippen molar-refractivity contribution in [3.8, 4) is 0 Å². The van der Waals surface area contributed by atoms with Crippen molar-refractivity contribution in [3.63, 3.8) is 0 Å². The Labute approximate surface area is 153 Å². The zero-order chi connectivity index (χ0) is 18.6. The molecule has 2 N–H and O–H groups in total. The molecule has 136 valence electrons. The molecule has 1 aliphatic rings. The van der Waals surface area contributed by atoms with Crippen LogP contribution >= 0.6 is 0 Å². The SMILES string of the molecule is CCC(NC(=O)CC1OCCc2ccccc21)(C(=O)O)c1ccccc1. The number of aliphatic carboxylic acids is 1. The molecule has 0 spiro atoms.